The maximum Gasteiger partial charge on any atom is 0.148 e. The smallest absolute Gasteiger partial charge is 0.148 e. The van der Waals surface area contributed by atoms with Gasteiger partial charge in [-0.2, -0.15) is 0 Å². The monoisotopic (exact) mass is 397 g/mol. The lowest BCUT2D eigenvalue weighted by Crippen LogP contribution is -2.15. The molecule has 1 unspecified atom stereocenters. The molecule has 1 aromatic heterocycles. The van der Waals surface area contributed by atoms with Gasteiger partial charge in [0.25, 0.3) is 0 Å². The van der Waals surface area contributed by atoms with Crippen LogP contribution in [0.3, 0.4) is 0 Å². The fourth-order valence-electron chi connectivity index (χ4n) is 3.98. The summed E-state index contributed by atoms with van der Waals surface area (Å²) in [5, 5.41) is 3.48. The molecular weight excluding hydrogens is 362 g/mol. The van der Waals surface area contributed by atoms with Gasteiger partial charge in [0.2, 0.25) is 0 Å². The second-order valence-electron chi connectivity index (χ2n) is 7.81. The van der Waals surface area contributed by atoms with Crippen molar-refractivity contribution in [3.05, 3.63) is 34.6 Å². The predicted molar refractivity (Wildman–Crippen MR) is 119 cm³/mol. The van der Waals surface area contributed by atoms with E-state index in [0.717, 1.165) is 72.9 Å². The quantitative estimate of drug-likeness (QED) is 0.646. The summed E-state index contributed by atoms with van der Waals surface area (Å²) in [6.45, 7) is 7.17. The van der Waals surface area contributed by atoms with Crippen molar-refractivity contribution in [2.24, 2.45) is 0 Å². The minimum atomic E-state index is 0.227. The van der Waals surface area contributed by atoms with E-state index in [0.29, 0.717) is 0 Å². The van der Waals surface area contributed by atoms with Crippen LogP contribution in [-0.4, -0.2) is 36.8 Å². The Morgan fingerprint density at radius 1 is 1.00 bits per heavy atom. The third-order valence-electron chi connectivity index (χ3n) is 5.87. The molecule has 158 valence electrons. The number of nitrogens with zero attached hydrogens (tertiary/aromatic N) is 2. The number of hydrogen-bond acceptors (Lipinski definition) is 5. The van der Waals surface area contributed by atoms with Crippen molar-refractivity contribution < 1.29 is 9.47 Å². The Morgan fingerprint density at radius 2 is 1.69 bits per heavy atom. The molecule has 1 aromatic carbocycles. The highest BCUT2D eigenvalue weighted by Crippen LogP contribution is 2.37. The van der Waals surface area contributed by atoms with E-state index in [9.17, 15) is 0 Å². The first kappa shape index (κ1) is 21.6. The Kier molecular flexibility index (Phi) is 7.48. The lowest BCUT2D eigenvalue weighted by Gasteiger charge is -2.21. The van der Waals surface area contributed by atoms with E-state index >= 15 is 0 Å². The number of aryl methyl sites for hydroxylation is 4. The summed E-state index contributed by atoms with van der Waals surface area (Å²) in [5.74, 6) is 1.81. The van der Waals surface area contributed by atoms with Crippen LogP contribution in [0, 0.1) is 0 Å². The first-order chi connectivity index (χ1) is 14.1. The second-order valence-corrected chi connectivity index (χ2v) is 7.81. The van der Waals surface area contributed by atoms with Gasteiger partial charge in [0.15, 0.2) is 0 Å². The van der Waals surface area contributed by atoms with Crippen LogP contribution in [0.15, 0.2) is 12.1 Å². The largest absolute Gasteiger partial charge is 0.496 e. The Bertz CT molecular complexity index is 835. The third kappa shape index (κ3) is 4.89. The van der Waals surface area contributed by atoms with Crippen LogP contribution in [-0.2, 0) is 30.4 Å². The van der Waals surface area contributed by atoms with Crippen LogP contribution >= 0.6 is 0 Å². The van der Waals surface area contributed by atoms with E-state index < -0.39 is 0 Å². The third-order valence-corrected chi connectivity index (χ3v) is 5.87. The number of fused-ring (bicyclic) bond motifs is 1. The highest BCUT2D eigenvalue weighted by atomic mass is 16.5. The average molecular weight is 398 g/mol. The maximum absolute atomic E-state index is 5.78. The van der Waals surface area contributed by atoms with Gasteiger partial charge in [-0.3, -0.25) is 0 Å². The predicted octanol–water partition coefficient (Wildman–Crippen LogP) is 4.99. The van der Waals surface area contributed by atoms with Crippen molar-refractivity contribution in [2.45, 2.75) is 71.8 Å². The van der Waals surface area contributed by atoms with Crippen molar-refractivity contribution in [2.75, 3.05) is 26.1 Å². The lowest BCUT2D eigenvalue weighted by atomic mass is 9.89. The van der Waals surface area contributed by atoms with Crippen LogP contribution in [0.25, 0.3) is 11.3 Å². The summed E-state index contributed by atoms with van der Waals surface area (Å²) in [5.41, 5.74) is 6.91. The van der Waals surface area contributed by atoms with Crippen molar-refractivity contribution in [1.82, 2.24) is 9.97 Å². The Morgan fingerprint density at radius 3 is 2.31 bits per heavy atom. The van der Waals surface area contributed by atoms with E-state index in [2.05, 4.69) is 38.2 Å². The van der Waals surface area contributed by atoms with Gasteiger partial charge in [0.1, 0.15) is 11.6 Å². The number of aromatic nitrogens is 2. The summed E-state index contributed by atoms with van der Waals surface area (Å²) >= 11 is 0. The van der Waals surface area contributed by atoms with E-state index in [4.69, 9.17) is 19.4 Å². The molecule has 0 radical (unpaired) electrons. The van der Waals surface area contributed by atoms with Gasteiger partial charge in [-0.05, 0) is 75.1 Å². The van der Waals surface area contributed by atoms with Gasteiger partial charge in [-0.1, -0.05) is 13.8 Å². The van der Waals surface area contributed by atoms with Gasteiger partial charge in [0, 0.05) is 19.2 Å². The first-order valence-corrected chi connectivity index (χ1v) is 11.0. The number of hydrogen-bond donors (Lipinski definition) is 1. The van der Waals surface area contributed by atoms with Crippen molar-refractivity contribution in [1.29, 1.82) is 0 Å². The molecule has 1 N–H and O–H groups in total. The molecule has 5 nitrogen and oxygen atoms in total. The van der Waals surface area contributed by atoms with Crippen LogP contribution < -0.4 is 10.1 Å². The van der Waals surface area contributed by atoms with E-state index in [1.807, 2.05) is 0 Å². The second kappa shape index (κ2) is 10.1. The minimum Gasteiger partial charge on any atom is -0.496 e. The Balaban J connectivity index is 1.99. The van der Waals surface area contributed by atoms with Gasteiger partial charge < -0.3 is 14.8 Å². The summed E-state index contributed by atoms with van der Waals surface area (Å²) < 4.78 is 11.1. The molecule has 0 spiro atoms. The molecule has 2 aromatic rings. The molecule has 1 aliphatic carbocycles. The van der Waals surface area contributed by atoms with Gasteiger partial charge in [0.05, 0.1) is 30.3 Å². The molecule has 1 heterocycles. The topological polar surface area (TPSA) is 56.3 Å². The molecular formula is C24H35N3O2. The number of rotatable bonds is 9. The summed E-state index contributed by atoms with van der Waals surface area (Å²) in [7, 11) is 3.50. The first-order valence-electron chi connectivity index (χ1n) is 11.0. The fraction of sp³-hybridized carbons (Fsp3) is 0.583. The molecule has 3 rings (SSSR count). The molecule has 0 fully saturated rings. The van der Waals surface area contributed by atoms with Crippen LogP contribution in [0.5, 0.6) is 5.75 Å². The molecule has 1 atom stereocenters. The Hall–Kier alpha value is -2.14. The molecule has 0 aliphatic heterocycles. The van der Waals surface area contributed by atoms with Crippen LogP contribution in [0.2, 0.25) is 0 Å². The fourth-order valence-corrected chi connectivity index (χ4v) is 3.98. The Labute approximate surface area is 175 Å². The summed E-state index contributed by atoms with van der Waals surface area (Å²) in [6.07, 6.45) is 7.62. The molecule has 0 saturated heterocycles. The number of nitrogens with one attached hydrogen (secondary N) is 1. The highest BCUT2D eigenvalue weighted by Gasteiger charge is 2.20. The normalized spacial score (nSPS) is 14.4. The maximum atomic E-state index is 5.78. The lowest BCUT2D eigenvalue weighted by molar-refractivity contribution is 0.114. The summed E-state index contributed by atoms with van der Waals surface area (Å²) in [4.78, 5) is 10.0. The zero-order valence-electron chi connectivity index (χ0n) is 18.6. The average Bonchev–Trinajstić information content (AvgIpc) is 2.77. The molecule has 1 aliphatic rings. The van der Waals surface area contributed by atoms with Gasteiger partial charge in [-0.15, -0.1) is 0 Å². The zero-order chi connectivity index (χ0) is 20.8. The molecule has 29 heavy (non-hydrogen) atoms. The number of benzene rings is 1. The van der Waals surface area contributed by atoms with Crippen LogP contribution in [0.1, 0.15) is 62.5 Å². The van der Waals surface area contributed by atoms with Gasteiger partial charge in [-0.25, -0.2) is 9.97 Å². The minimum absolute atomic E-state index is 0.227. The number of ether oxygens (including phenoxy) is 2. The molecule has 0 amide bonds. The molecule has 0 bridgehead atoms. The number of anilines is 1. The molecule has 0 saturated carbocycles. The summed E-state index contributed by atoms with van der Waals surface area (Å²) in [6, 6.07) is 4.51. The zero-order valence-corrected chi connectivity index (χ0v) is 18.6. The molecule has 5 heteroatoms. The van der Waals surface area contributed by atoms with Crippen LogP contribution in [0.4, 0.5) is 5.82 Å². The number of methoxy groups -OCH3 is 2. The van der Waals surface area contributed by atoms with E-state index in [1.165, 1.54) is 24.0 Å². The standard InChI is InChI=1S/C24H35N3O2/c1-6-20-23(19-14-17-10-8-9-11-18(17)15-22(19)29-5)26-21(7-2)24(27-20)25-13-12-16(3)28-4/h14-16H,6-13H2,1-5H3,(H,25,27). The van der Waals surface area contributed by atoms with Crippen molar-refractivity contribution in [3.63, 3.8) is 0 Å². The van der Waals surface area contributed by atoms with Crippen molar-refractivity contribution >= 4 is 5.82 Å². The van der Waals surface area contributed by atoms with Crippen molar-refractivity contribution in [3.8, 4) is 17.0 Å². The van der Waals surface area contributed by atoms with Gasteiger partial charge >= 0.3 is 0 Å². The SMILES string of the molecule is CCc1nc(-c2cc3c(cc2OC)CCCC3)c(CC)nc1NCCC(C)OC. The van der Waals surface area contributed by atoms with E-state index in [1.54, 1.807) is 14.2 Å². The highest BCUT2D eigenvalue weighted by molar-refractivity contribution is 5.72. The van der Waals surface area contributed by atoms with E-state index in [-0.39, 0.29) is 6.10 Å².